The summed E-state index contributed by atoms with van der Waals surface area (Å²) < 4.78 is 17.9. The van der Waals surface area contributed by atoms with Crippen molar-refractivity contribution >= 4 is 17.4 Å². The van der Waals surface area contributed by atoms with Gasteiger partial charge in [-0.3, -0.25) is 0 Å². The third-order valence-corrected chi connectivity index (χ3v) is 5.54. The standard InChI is InChI=1S/C18H16FN7S/c19-13-7-4-3-6-12(13)17-22-21-15-9-10-16(24-26(15)17)27-18-23-20-14-8-2-1-5-11-25(14)18/h3-4,6-7,9-10H,1-2,5,8,11H2. The Kier molecular flexibility index (Phi) is 4.08. The van der Waals surface area contributed by atoms with Gasteiger partial charge in [0.1, 0.15) is 16.7 Å². The second-order valence-electron chi connectivity index (χ2n) is 6.41. The fraction of sp³-hybridized carbons (Fsp3) is 0.278. The Labute approximate surface area is 158 Å². The Balaban J connectivity index is 1.53. The van der Waals surface area contributed by atoms with Crippen molar-refractivity contribution in [1.29, 1.82) is 0 Å². The molecule has 7 nitrogen and oxygen atoms in total. The van der Waals surface area contributed by atoms with Gasteiger partial charge in [-0.2, -0.15) is 9.61 Å². The molecule has 1 aliphatic rings. The van der Waals surface area contributed by atoms with Gasteiger partial charge >= 0.3 is 0 Å². The third-order valence-electron chi connectivity index (χ3n) is 4.62. The van der Waals surface area contributed by atoms with E-state index in [9.17, 15) is 4.39 Å². The molecule has 0 bridgehead atoms. The maximum Gasteiger partial charge on any atom is 0.197 e. The van der Waals surface area contributed by atoms with Crippen LogP contribution in [0, 0.1) is 5.82 Å². The van der Waals surface area contributed by atoms with Crippen molar-refractivity contribution in [2.75, 3.05) is 0 Å². The van der Waals surface area contributed by atoms with Crippen LogP contribution in [-0.4, -0.2) is 34.6 Å². The van der Waals surface area contributed by atoms with Gasteiger partial charge in [-0.1, -0.05) is 18.6 Å². The lowest BCUT2D eigenvalue weighted by Gasteiger charge is -2.06. The van der Waals surface area contributed by atoms with Gasteiger partial charge < -0.3 is 4.57 Å². The molecule has 0 saturated heterocycles. The summed E-state index contributed by atoms with van der Waals surface area (Å²) in [5.41, 5.74) is 0.939. The third kappa shape index (κ3) is 2.97. The van der Waals surface area contributed by atoms with Crippen molar-refractivity contribution in [3.05, 3.63) is 48.0 Å². The summed E-state index contributed by atoms with van der Waals surface area (Å²) in [7, 11) is 0. The lowest BCUT2D eigenvalue weighted by atomic mass is 10.2. The molecular formula is C18H16FN7S. The van der Waals surface area contributed by atoms with E-state index in [0.29, 0.717) is 17.0 Å². The highest BCUT2D eigenvalue weighted by atomic mass is 32.2. The Morgan fingerprint density at radius 1 is 0.926 bits per heavy atom. The number of hydrogen-bond acceptors (Lipinski definition) is 6. The van der Waals surface area contributed by atoms with E-state index in [4.69, 9.17) is 0 Å². The molecule has 0 aliphatic carbocycles. The van der Waals surface area contributed by atoms with Crippen molar-refractivity contribution in [1.82, 2.24) is 34.6 Å². The molecule has 9 heteroatoms. The van der Waals surface area contributed by atoms with E-state index in [2.05, 4.69) is 30.1 Å². The normalized spacial score (nSPS) is 14.3. The van der Waals surface area contributed by atoms with E-state index in [1.165, 1.54) is 24.2 Å². The van der Waals surface area contributed by atoms with Crippen LogP contribution in [0.25, 0.3) is 17.0 Å². The van der Waals surface area contributed by atoms with Gasteiger partial charge in [0, 0.05) is 13.0 Å². The minimum atomic E-state index is -0.352. The summed E-state index contributed by atoms with van der Waals surface area (Å²) in [6, 6.07) is 10.2. The van der Waals surface area contributed by atoms with Crippen molar-refractivity contribution in [3.63, 3.8) is 0 Å². The van der Waals surface area contributed by atoms with E-state index in [-0.39, 0.29) is 5.82 Å². The molecule has 0 atom stereocenters. The molecule has 0 N–H and O–H groups in total. The first kappa shape index (κ1) is 16.4. The molecule has 0 unspecified atom stereocenters. The minimum Gasteiger partial charge on any atom is -0.306 e. The summed E-state index contributed by atoms with van der Waals surface area (Å²) in [4.78, 5) is 0. The second-order valence-corrected chi connectivity index (χ2v) is 7.40. The first-order valence-electron chi connectivity index (χ1n) is 8.87. The molecule has 0 spiro atoms. The van der Waals surface area contributed by atoms with Gasteiger partial charge in [-0.25, -0.2) is 4.39 Å². The molecule has 4 aromatic rings. The van der Waals surface area contributed by atoms with Gasteiger partial charge in [0.25, 0.3) is 0 Å². The molecule has 27 heavy (non-hydrogen) atoms. The summed E-state index contributed by atoms with van der Waals surface area (Å²) in [6.07, 6.45) is 4.46. The number of aromatic nitrogens is 7. The van der Waals surface area contributed by atoms with Crippen LogP contribution < -0.4 is 0 Å². The van der Waals surface area contributed by atoms with E-state index >= 15 is 0 Å². The van der Waals surface area contributed by atoms with E-state index in [0.717, 1.165) is 41.8 Å². The number of benzene rings is 1. The van der Waals surface area contributed by atoms with Crippen LogP contribution in [0.2, 0.25) is 0 Å². The molecule has 4 heterocycles. The second kappa shape index (κ2) is 6.73. The summed E-state index contributed by atoms with van der Waals surface area (Å²) in [5, 5.41) is 23.0. The first-order chi connectivity index (χ1) is 13.3. The lowest BCUT2D eigenvalue weighted by Crippen LogP contribution is -2.03. The molecule has 0 amide bonds. The van der Waals surface area contributed by atoms with Crippen molar-refractivity contribution in [2.24, 2.45) is 0 Å². The summed E-state index contributed by atoms with van der Waals surface area (Å²) in [6.45, 7) is 0.931. The Bertz CT molecular complexity index is 1120. The zero-order valence-corrected chi connectivity index (χ0v) is 15.2. The predicted octanol–water partition coefficient (Wildman–Crippen LogP) is 3.40. The zero-order chi connectivity index (χ0) is 18.2. The number of hydrogen-bond donors (Lipinski definition) is 0. The van der Waals surface area contributed by atoms with Gasteiger partial charge in [0.05, 0.1) is 5.56 Å². The maximum atomic E-state index is 14.2. The van der Waals surface area contributed by atoms with Gasteiger partial charge in [0.15, 0.2) is 16.6 Å². The molecule has 3 aromatic heterocycles. The lowest BCUT2D eigenvalue weighted by molar-refractivity contribution is 0.590. The van der Waals surface area contributed by atoms with Crippen LogP contribution in [0.5, 0.6) is 0 Å². The first-order valence-corrected chi connectivity index (χ1v) is 9.68. The van der Waals surface area contributed by atoms with Crippen LogP contribution in [0.15, 0.2) is 46.6 Å². The molecule has 1 aromatic carbocycles. The quantitative estimate of drug-likeness (QED) is 0.542. The predicted molar refractivity (Wildman–Crippen MR) is 97.9 cm³/mol. The van der Waals surface area contributed by atoms with Crippen molar-refractivity contribution < 1.29 is 4.39 Å². The van der Waals surface area contributed by atoms with Crippen LogP contribution in [0.1, 0.15) is 25.1 Å². The number of aryl methyl sites for hydroxylation is 1. The van der Waals surface area contributed by atoms with E-state index < -0.39 is 0 Å². The Morgan fingerprint density at radius 2 is 1.85 bits per heavy atom. The highest BCUT2D eigenvalue weighted by Crippen LogP contribution is 2.28. The van der Waals surface area contributed by atoms with Gasteiger partial charge in [-0.05, 0) is 48.9 Å². The fourth-order valence-corrected chi connectivity index (χ4v) is 4.10. The highest BCUT2D eigenvalue weighted by molar-refractivity contribution is 7.99. The molecule has 5 rings (SSSR count). The van der Waals surface area contributed by atoms with E-state index in [1.54, 1.807) is 22.7 Å². The average Bonchev–Trinajstić information content (AvgIpc) is 3.18. The number of nitrogens with zero attached hydrogens (tertiary/aromatic N) is 7. The minimum absolute atomic E-state index is 0.352. The van der Waals surface area contributed by atoms with E-state index in [1.807, 2.05) is 12.1 Å². The van der Waals surface area contributed by atoms with Crippen molar-refractivity contribution in [3.8, 4) is 11.4 Å². The summed E-state index contributed by atoms with van der Waals surface area (Å²) in [5.74, 6) is 1.06. The van der Waals surface area contributed by atoms with Crippen LogP contribution >= 0.6 is 11.8 Å². The SMILES string of the molecule is Fc1ccccc1-c1nnc2ccc(Sc3nnc4n3CCCCC4)nn12. The molecule has 0 fully saturated rings. The number of rotatable bonds is 3. The maximum absolute atomic E-state index is 14.2. The average molecular weight is 381 g/mol. The Hall–Kier alpha value is -2.81. The highest BCUT2D eigenvalue weighted by Gasteiger charge is 2.18. The van der Waals surface area contributed by atoms with Crippen molar-refractivity contribution in [2.45, 2.75) is 42.4 Å². The molecule has 136 valence electrons. The Morgan fingerprint density at radius 3 is 2.78 bits per heavy atom. The molecule has 0 saturated carbocycles. The topological polar surface area (TPSA) is 73.8 Å². The fourth-order valence-electron chi connectivity index (χ4n) is 3.26. The van der Waals surface area contributed by atoms with Crippen LogP contribution in [-0.2, 0) is 13.0 Å². The summed E-state index contributed by atoms with van der Waals surface area (Å²) >= 11 is 1.45. The van der Waals surface area contributed by atoms with Gasteiger partial charge in [-0.15, -0.1) is 20.4 Å². The van der Waals surface area contributed by atoms with Gasteiger partial charge in [0.2, 0.25) is 0 Å². The zero-order valence-electron chi connectivity index (χ0n) is 14.4. The van der Waals surface area contributed by atoms with Crippen LogP contribution in [0.3, 0.4) is 0 Å². The monoisotopic (exact) mass is 381 g/mol. The molecular weight excluding hydrogens is 365 g/mol. The largest absolute Gasteiger partial charge is 0.306 e. The smallest absolute Gasteiger partial charge is 0.197 e. The van der Waals surface area contributed by atoms with Crippen LogP contribution in [0.4, 0.5) is 4.39 Å². The number of halogens is 1. The molecule has 1 aliphatic heterocycles. The number of fused-ring (bicyclic) bond motifs is 2. The molecule has 0 radical (unpaired) electrons.